The maximum atomic E-state index is 7.47. The van der Waals surface area contributed by atoms with E-state index in [4.69, 9.17) is 34.3 Å². The summed E-state index contributed by atoms with van der Waals surface area (Å²) in [5.41, 5.74) is 6.57. The van der Waals surface area contributed by atoms with Gasteiger partial charge in [-0.05, 0) is 83.5 Å². The van der Waals surface area contributed by atoms with E-state index in [0.29, 0.717) is 40.5 Å². The third kappa shape index (κ3) is 6.67. The Labute approximate surface area is 417 Å². The molecule has 0 saturated carbocycles. The molecule has 338 valence electrons. The Hall–Kier alpha value is -9.98. The Morgan fingerprint density at radius 1 is 0.247 bits per heavy atom. The molecule has 0 atom stereocenters. The summed E-state index contributed by atoms with van der Waals surface area (Å²) in [4.78, 5) is 32.3. The molecule has 0 radical (unpaired) electrons. The minimum atomic E-state index is 0.514. The Morgan fingerprint density at radius 3 is 1.25 bits per heavy atom. The summed E-state index contributed by atoms with van der Waals surface area (Å²) in [5.74, 6) is 3.30. The van der Waals surface area contributed by atoms with E-state index >= 15 is 0 Å². The minimum absolute atomic E-state index is 0.514. The van der Waals surface area contributed by atoms with Gasteiger partial charge in [0.15, 0.2) is 34.9 Å². The summed E-state index contributed by atoms with van der Waals surface area (Å²) in [5, 5.41) is 14.7. The highest BCUT2D eigenvalue weighted by Crippen LogP contribution is 2.50. The molecule has 15 aromatic rings. The maximum absolute atomic E-state index is 7.47. The fourth-order valence-corrected chi connectivity index (χ4v) is 10.9. The molecule has 0 aliphatic rings. The minimum Gasteiger partial charge on any atom is -0.455 e. The van der Waals surface area contributed by atoms with Crippen LogP contribution >= 0.6 is 0 Å². The first-order valence-corrected chi connectivity index (χ1v) is 24.4. The van der Waals surface area contributed by atoms with E-state index in [1.807, 2.05) is 48.5 Å². The van der Waals surface area contributed by atoms with Gasteiger partial charge in [0.1, 0.15) is 11.2 Å². The van der Waals surface area contributed by atoms with Crippen LogP contribution in [0.1, 0.15) is 0 Å². The zero-order valence-electron chi connectivity index (χ0n) is 39.0. The molecule has 0 fully saturated rings. The largest absolute Gasteiger partial charge is 0.455 e. The van der Waals surface area contributed by atoms with Gasteiger partial charge >= 0.3 is 0 Å². The van der Waals surface area contributed by atoms with Crippen molar-refractivity contribution in [3.05, 3.63) is 231 Å². The van der Waals surface area contributed by atoms with Crippen LogP contribution in [0.3, 0.4) is 0 Å². The molecule has 0 spiro atoms. The molecule has 7 heteroatoms. The molecule has 0 aliphatic heterocycles. The molecule has 3 heterocycles. The van der Waals surface area contributed by atoms with Gasteiger partial charge < -0.3 is 4.42 Å². The third-order valence-electron chi connectivity index (χ3n) is 14.3. The molecule has 0 bridgehead atoms. The summed E-state index contributed by atoms with van der Waals surface area (Å²) in [6, 6.07) is 79.9. The van der Waals surface area contributed by atoms with Crippen LogP contribution in [0.5, 0.6) is 0 Å². The second-order valence-electron chi connectivity index (χ2n) is 18.6. The van der Waals surface area contributed by atoms with Gasteiger partial charge in [-0.1, -0.05) is 206 Å². The number of aromatic nitrogens is 6. The summed E-state index contributed by atoms with van der Waals surface area (Å²) >= 11 is 0. The lowest BCUT2D eigenvalue weighted by Crippen LogP contribution is -2.02. The van der Waals surface area contributed by atoms with Gasteiger partial charge in [0.05, 0.1) is 0 Å². The van der Waals surface area contributed by atoms with Crippen molar-refractivity contribution >= 4 is 86.6 Å². The van der Waals surface area contributed by atoms with Gasteiger partial charge in [-0.25, -0.2) is 29.9 Å². The zero-order valence-corrected chi connectivity index (χ0v) is 39.0. The summed E-state index contributed by atoms with van der Waals surface area (Å²) in [6.07, 6.45) is 0. The molecule has 0 saturated heterocycles. The third-order valence-corrected chi connectivity index (χ3v) is 14.3. The van der Waals surface area contributed by atoms with Crippen molar-refractivity contribution in [2.24, 2.45) is 0 Å². The maximum Gasteiger partial charge on any atom is 0.165 e. The molecule has 0 N–H and O–H groups in total. The number of hydrogen-bond donors (Lipinski definition) is 0. The second-order valence-corrected chi connectivity index (χ2v) is 18.6. The first-order chi connectivity index (χ1) is 36.2. The van der Waals surface area contributed by atoms with E-state index in [-0.39, 0.29) is 0 Å². The van der Waals surface area contributed by atoms with E-state index in [9.17, 15) is 0 Å². The first-order valence-electron chi connectivity index (χ1n) is 24.4. The molecule has 0 aliphatic carbocycles. The van der Waals surface area contributed by atoms with Crippen LogP contribution in [0.2, 0.25) is 0 Å². The van der Waals surface area contributed by atoms with Crippen molar-refractivity contribution in [1.82, 2.24) is 29.9 Å². The molecule has 7 nitrogen and oxygen atoms in total. The molecule has 73 heavy (non-hydrogen) atoms. The topological polar surface area (TPSA) is 90.5 Å². The molecular formula is C66H38N6O. The van der Waals surface area contributed by atoms with E-state index in [2.05, 4.69) is 182 Å². The Kier molecular flexibility index (Phi) is 9.13. The summed E-state index contributed by atoms with van der Waals surface area (Å²) in [7, 11) is 0. The normalized spacial score (nSPS) is 11.8. The first kappa shape index (κ1) is 40.9. The average molecular weight is 931 g/mol. The van der Waals surface area contributed by atoms with Gasteiger partial charge in [-0.3, -0.25) is 0 Å². The highest BCUT2D eigenvalue weighted by molar-refractivity contribution is 6.36. The summed E-state index contributed by atoms with van der Waals surface area (Å²) < 4.78 is 7.47. The number of nitrogens with zero attached hydrogens (tertiary/aromatic N) is 6. The van der Waals surface area contributed by atoms with E-state index < -0.39 is 0 Å². The SMILES string of the molecule is c1ccc(-c2nc(-c3ccc4ccccc4c3)nc(-c3c4ccccc4cc4oc5c(c(-c6nc(-c7ccccc7)nc(-c7ccc8ccccc8c7)n6)cc6c7ccccc7c7ccccc7c65)c34)n2)cc1. The van der Waals surface area contributed by atoms with Crippen LogP contribution in [-0.2, 0) is 0 Å². The van der Waals surface area contributed by atoms with Crippen LogP contribution in [0.4, 0.5) is 0 Å². The number of furan rings is 1. The highest BCUT2D eigenvalue weighted by Gasteiger charge is 2.27. The van der Waals surface area contributed by atoms with Gasteiger partial charge in [0, 0.05) is 49.5 Å². The molecule has 15 rings (SSSR count). The number of rotatable bonds is 6. The lowest BCUT2D eigenvalue weighted by molar-refractivity contribution is 0.673. The van der Waals surface area contributed by atoms with Gasteiger partial charge in [-0.2, -0.15) is 0 Å². The summed E-state index contributed by atoms with van der Waals surface area (Å²) in [6.45, 7) is 0. The predicted molar refractivity (Wildman–Crippen MR) is 298 cm³/mol. The van der Waals surface area contributed by atoms with Crippen molar-refractivity contribution in [2.75, 3.05) is 0 Å². The second kappa shape index (κ2) is 16.3. The smallest absolute Gasteiger partial charge is 0.165 e. The molecular weight excluding hydrogens is 893 g/mol. The monoisotopic (exact) mass is 930 g/mol. The highest BCUT2D eigenvalue weighted by atomic mass is 16.3. The van der Waals surface area contributed by atoms with Crippen molar-refractivity contribution < 1.29 is 4.42 Å². The lowest BCUT2D eigenvalue weighted by Gasteiger charge is -2.15. The van der Waals surface area contributed by atoms with Gasteiger partial charge in [0.2, 0.25) is 0 Å². The van der Waals surface area contributed by atoms with Crippen LogP contribution < -0.4 is 0 Å². The number of benzene rings is 12. The van der Waals surface area contributed by atoms with E-state index in [0.717, 1.165) is 114 Å². The quantitative estimate of drug-likeness (QED) is 0.153. The fraction of sp³-hybridized carbons (Fsp3) is 0. The predicted octanol–water partition coefficient (Wildman–Crippen LogP) is 16.9. The van der Waals surface area contributed by atoms with Crippen LogP contribution in [-0.4, -0.2) is 29.9 Å². The van der Waals surface area contributed by atoms with Gasteiger partial charge in [-0.15, -0.1) is 0 Å². The van der Waals surface area contributed by atoms with E-state index in [1.54, 1.807) is 0 Å². The Bertz CT molecular complexity index is 4740. The van der Waals surface area contributed by atoms with Crippen LogP contribution in [0.15, 0.2) is 235 Å². The Morgan fingerprint density at radius 2 is 0.671 bits per heavy atom. The number of hydrogen-bond acceptors (Lipinski definition) is 7. The van der Waals surface area contributed by atoms with E-state index in [1.165, 1.54) is 0 Å². The zero-order chi connectivity index (χ0) is 48.0. The molecule has 0 unspecified atom stereocenters. The van der Waals surface area contributed by atoms with Crippen molar-refractivity contribution in [3.8, 4) is 68.3 Å². The average Bonchev–Trinajstić information content (AvgIpc) is 3.86. The van der Waals surface area contributed by atoms with Gasteiger partial charge in [0.25, 0.3) is 0 Å². The Balaban J connectivity index is 1.12. The molecule has 3 aromatic heterocycles. The van der Waals surface area contributed by atoms with Crippen LogP contribution in [0, 0.1) is 0 Å². The number of fused-ring (bicyclic) bond motifs is 13. The van der Waals surface area contributed by atoms with Crippen molar-refractivity contribution in [2.45, 2.75) is 0 Å². The fourth-order valence-electron chi connectivity index (χ4n) is 10.9. The molecule has 0 amide bonds. The van der Waals surface area contributed by atoms with Crippen LogP contribution in [0.25, 0.3) is 155 Å². The standard InChI is InChI=1S/C66H38N6O/c1-3-19-41(20-4-1)61-67-63(46-33-31-39-17-7-9-23-43(39)35-46)70-65(69-61)54-38-53-51-29-14-13-27-49(51)50-28-15-16-30-52(50)56(53)60-57(54)59-55(73-60)37-45-25-11-12-26-48(45)58(59)66-71-62(42-21-5-2-6-22-42)68-64(72-66)47-34-32-40-18-8-10-24-44(40)36-47/h1-38H. The molecule has 12 aromatic carbocycles. The lowest BCUT2D eigenvalue weighted by atomic mass is 9.89. The van der Waals surface area contributed by atoms with Crippen molar-refractivity contribution in [1.29, 1.82) is 0 Å². The van der Waals surface area contributed by atoms with Crippen molar-refractivity contribution in [3.63, 3.8) is 0 Å².